The van der Waals surface area contributed by atoms with Crippen LogP contribution in [-0.4, -0.2) is 28.0 Å². The molecule has 0 radical (unpaired) electrons. The first-order valence-corrected chi connectivity index (χ1v) is 9.77. The van der Waals surface area contributed by atoms with Gasteiger partial charge in [0, 0.05) is 16.5 Å². The number of carbonyl (C=O) groups excluding carboxylic acids is 1. The van der Waals surface area contributed by atoms with Gasteiger partial charge in [0.1, 0.15) is 5.75 Å². The molecular formula is C22H18N4O2S. The molecule has 0 atom stereocenters. The molecule has 0 unspecified atom stereocenters. The number of benzene rings is 2. The number of methoxy groups -OCH3 is 1. The minimum Gasteiger partial charge on any atom is -0.497 e. The average molecular weight is 402 g/mol. The zero-order valence-electron chi connectivity index (χ0n) is 15.9. The molecule has 0 spiro atoms. The van der Waals surface area contributed by atoms with E-state index in [0.717, 1.165) is 32.9 Å². The number of aromatic nitrogens is 3. The van der Waals surface area contributed by atoms with E-state index in [1.165, 1.54) is 17.4 Å². The maximum absolute atomic E-state index is 12.3. The van der Waals surface area contributed by atoms with E-state index in [4.69, 9.17) is 4.74 Å². The van der Waals surface area contributed by atoms with E-state index in [9.17, 15) is 4.79 Å². The number of rotatable bonds is 5. The predicted molar refractivity (Wildman–Crippen MR) is 116 cm³/mol. The first-order chi connectivity index (χ1) is 14.1. The number of aryl methyl sites for hydroxylation is 1. The Kier molecular flexibility index (Phi) is 5.31. The van der Waals surface area contributed by atoms with Crippen molar-refractivity contribution in [1.29, 1.82) is 0 Å². The van der Waals surface area contributed by atoms with Gasteiger partial charge < -0.3 is 4.74 Å². The van der Waals surface area contributed by atoms with Crippen LogP contribution in [-0.2, 0) is 4.79 Å². The van der Waals surface area contributed by atoms with Crippen LogP contribution in [0.3, 0.4) is 0 Å². The van der Waals surface area contributed by atoms with Gasteiger partial charge in [-0.3, -0.25) is 15.1 Å². The topological polar surface area (TPSA) is 77.0 Å². The molecule has 0 aliphatic rings. The van der Waals surface area contributed by atoms with Crippen molar-refractivity contribution >= 4 is 39.5 Å². The molecule has 0 aliphatic carbocycles. The van der Waals surface area contributed by atoms with E-state index in [1.807, 2.05) is 55.5 Å². The molecule has 2 aromatic carbocycles. The van der Waals surface area contributed by atoms with E-state index < -0.39 is 0 Å². The molecule has 1 amide bonds. The van der Waals surface area contributed by atoms with E-state index in [1.54, 1.807) is 19.4 Å². The number of thiazole rings is 1. The van der Waals surface area contributed by atoms with Crippen LogP contribution in [0.15, 0.2) is 60.8 Å². The van der Waals surface area contributed by atoms with Crippen molar-refractivity contribution in [2.75, 3.05) is 12.4 Å². The van der Waals surface area contributed by atoms with Crippen LogP contribution in [0.4, 0.5) is 5.13 Å². The first-order valence-electron chi connectivity index (χ1n) is 8.95. The van der Waals surface area contributed by atoms with E-state index in [0.29, 0.717) is 10.8 Å². The number of para-hydroxylation sites is 2. The molecule has 4 aromatic rings. The highest BCUT2D eigenvalue weighted by molar-refractivity contribution is 7.16. The maximum Gasteiger partial charge on any atom is 0.250 e. The molecule has 4 rings (SSSR count). The smallest absolute Gasteiger partial charge is 0.250 e. The Labute approximate surface area is 171 Å². The molecular weight excluding hydrogens is 384 g/mol. The number of nitrogens with zero attached hydrogens (tertiary/aromatic N) is 3. The number of carbonyl (C=O) groups is 1. The molecule has 2 heterocycles. The predicted octanol–water partition coefficient (Wildman–Crippen LogP) is 4.72. The van der Waals surface area contributed by atoms with Crippen LogP contribution in [0.1, 0.15) is 10.6 Å². The summed E-state index contributed by atoms with van der Waals surface area (Å²) in [6.45, 7) is 1.98. The second-order valence-corrected chi connectivity index (χ2v) is 7.46. The third-order valence-electron chi connectivity index (χ3n) is 4.26. The van der Waals surface area contributed by atoms with E-state index in [2.05, 4.69) is 20.3 Å². The normalized spacial score (nSPS) is 11.1. The third-order valence-corrected chi connectivity index (χ3v) is 5.15. The lowest BCUT2D eigenvalue weighted by molar-refractivity contribution is -0.111. The minimum absolute atomic E-state index is 0.269. The summed E-state index contributed by atoms with van der Waals surface area (Å²) in [5, 5.41) is 3.36. The fraction of sp³-hybridized carbons (Fsp3) is 0.0909. The van der Waals surface area contributed by atoms with Crippen molar-refractivity contribution < 1.29 is 9.53 Å². The molecule has 6 nitrogen and oxygen atoms in total. The third kappa shape index (κ3) is 4.30. The molecule has 0 saturated heterocycles. The van der Waals surface area contributed by atoms with Gasteiger partial charge in [-0.05, 0) is 49.4 Å². The Morgan fingerprint density at radius 3 is 2.59 bits per heavy atom. The lowest BCUT2D eigenvalue weighted by Crippen LogP contribution is -2.07. The summed E-state index contributed by atoms with van der Waals surface area (Å²) in [4.78, 5) is 26.7. The number of ether oxygens (including phenoxy) is 1. The molecule has 0 fully saturated rings. The number of amides is 1. The molecule has 29 heavy (non-hydrogen) atoms. The highest BCUT2D eigenvalue weighted by Crippen LogP contribution is 2.31. The summed E-state index contributed by atoms with van der Waals surface area (Å²) >= 11 is 1.43. The van der Waals surface area contributed by atoms with Crippen molar-refractivity contribution in [3.05, 3.63) is 71.4 Å². The maximum atomic E-state index is 12.3. The van der Waals surface area contributed by atoms with Crippen molar-refractivity contribution in [2.45, 2.75) is 6.92 Å². The molecule has 0 saturated carbocycles. The Balaban J connectivity index is 1.47. The van der Waals surface area contributed by atoms with Gasteiger partial charge >= 0.3 is 0 Å². The SMILES string of the molecule is COc1ccc(-c2nc(NC(=O)/C=C/c3cnc4ccccc4n3)sc2C)cc1. The first kappa shape index (κ1) is 18.8. The van der Waals surface area contributed by atoms with Crippen LogP contribution >= 0.6 is 11.3 Å². The average Bonchev–Trinajstić information content (AvgIpc) is 3.12. The number of nitrogens with one attached hydrogen (secondary N) is 1. The second kappa shape index (κ2) is 8.20. The van der Waals surface area contributed by atoms with Crippen LogP contribution in [0.25, 0.3) is 28.4 Å². The summed E-state index contributed by atoms with van der Waals surface area (Å²) in [5.74, 6) is 0.520. The molecule has 2 aromatic heterocycles. The van der Waals surface area contributed by atoms with Gasteiger partial charge in [0.25, 0.3) is 0 Å². The van der Waals surface area contributed by atoms with Crippen molar-refractivity contribution in [3.63, 3.8) is 0 Å². The Bertz CT molecular complexity index is 1200. The highest BCUT2D eigenvalue weighted by atomic mass is 32.1. The van der Waals surface area contributed by atoms with Gasteiger partial charge in [-0.25, -0.2) is 9.97 Å². The fourth-order valence-electron chi connectivity index (χ4n) is 2.83. The number of fused-ring (bicyclic) bond motifs is 1. The van der Waals surface area contributed by atoms with Crippen LogP contribution in [0, 0.1) is 6.92 Å². The summed E-state index contributed by atoms with van der Waals surface area (Å²) in [5.41, 5.74) is 4.04. The lowest BCUT2D eigenvalue weighted by Gasteiger charge is -2.01. The number of hydrogen-bond donors (Lipinski definition) is 1. The minimum atomic E-state index is -0.269. The fourth-order valence-corrected chi connectivity index (χ4v) is 3.67. The van der Waals surface area contributed by atoms with E-state index in [-0.39, 0.29) is 5.91 Å². The molecule has 0 aliphatic heterocycles. The second-order valence-electron chi connectivity index (χ2n) is 6.26. The van der Waals surface area contributed by atoms with E-state index >= 15 is 0 Å². The van der Waals surface area contributed by atoms with Gasteiger partial charge in [0.15, 0.2) is 5.13 Å². The Morgan fingerprint density at radius 1 is 1.07 bits per heavy atom. The summed E-state index contributed by atoms with van der Waals surface area (Å²) in [7, 11) is 1.63. The quantitative estimate of drug-likeness (QED) is 0.489. The highest BCUT2D eigenvalue weighted by Gasteiger charge is 2.11. The van der Waals surface area contributed by atoms with Gasteiger partial charge in [-0.15, -0.1) is 11.3 Å². The Hall–Kier alpha value is -3.58. The van der Waals surface area contributed by atoms with Crippen LogP contribution < -0.4 is 10.1 Å². The molecule has 7 heteroatoms. The number of anilines is 1. The lowest BCUT2D eigenvalue weighted by atomic mass is 10.1. The Morgan fingerprint density at radius 2 is 1.83 bits per heavy atom. The largest absolute Gasteiger partial charge is 0.497 e. The molecule has 144 valence electrons. The molecule has 0 bridgehead atoms. The van der Waals surface area contributed by atoms with Crippen molar-refractivity contribution in [1.82, 2.24) is 15.0 Å². The van der Waals surface area contributed by atoms with Gasteiger partial charge in [0.2, 0.25) is 5.91 Å². The summed E-state index contributed by atoms with van der Waals surface area (Å²) in [6, 6.07) is 15.3. The standard InChI is InChI=1S/C22H18N4O2S/c1-14-21(15-7-10-17(28-2)11-8-15)26-22(29-14)25-20(27)12-9-16-13-23-18-5-3-4-6-19(18)24-16/h3-13H,1-2H3,(H,25,26,27)/b12-9+. The van der Waals surface area contributed by atoms with Crippen LogP contribution in [0.5, 0.6) is 5.75 Å². The van der Waals surface area contributed by atoms with Gasteiger partial charge in [0.05, 0.1) is 35.7 Å². The summed E-state index contributed by atoms with van der Waals surface area (Å²) in [6.07, 6.45) is 4.71. The van der Waals surface area contributed by atoms with Gasteiger partial charge in [-0.2, -0.15) is 0 Å². The zero-order chi connectivity index (χ0) is 20.2. The zero-order valence-corrected chi connectivity index (χ0v) is 16.7. The van der Waals surface area contributed by atoms with Crippen molar-refractivity contribution in [2.24, 2.45) is 0 Å². The van der Waals surface area contributed by atoms with Crippen LogP contribution in [0.2, 0.25) is 0 Å². The number of hydrogen-bond acceptors (Lipinski definition) is 6. The van der Waals surface area contributed by atoms with Crippen molar-refractivity contribution in [3.8, 4) is 17.0 Å². The molecule has 1 N–H and O–H groups in total. The monoisotopic (exact) mass is 402 g/mol. The summed E-state index contributed by atoms with van der Waals surface area (Å²) < 4.78 is 5.19. The van der Waals surface area contributed by atoms with Gasteiger partial charge in [-0.1, -0.05) is 12.1 Å².